The van der Waals surface area contributed by atoms with Crippen LogP contribution in [0.1, 0.15) is 57.6 Å². The number of pyridine rings is 1. The van der Waals surface area contributed by atoms with Gasteiger partial charge in [-0.3, -0.25) is 9.59 Å². The third-order valence-corrected chi connectivity index (χ3v) is 6.83. The number of aryl methyl sites for hydroxylation is 1. The molecule has 5 rings (SSSR count). The minimum atomic E-state index is -4.68. The van der Waals surface area contributed by atoms with E-state index in [2.05, 4.69) is 30.9 Å². The van der Waals surface area contributed by atoms with Crippen molar-refractivity contribution < 1.29 is 27.2 Å². The Labute approximate surface area is 235 Å². The second kappa shape index (κ2) is 10.9. The number of hydrogen-bond donors (Lipinski definition) is 2. The number of carbonyl (C=O) groups excluding carboxylic acids is 2. The summed E-state index contributed by atoms with van der Waals surface area (Å²) >= 11 is 6.30. The van der Waals surface area contributed by atoms with E-state index in [1.54, 1.807) is 13.0 Å². The van der Waals surface area contributed by atoms with Crippen molar-refractivity contribution in [2.45, 2.75) is 45.5 Å². The summed E-state index contributed by atoms with van der Waals surface area (Å²) in [5.41, 5.74) is -0.854. The van der Waals surface area contributed by atoms with Crippen LogP contribution in [0.2, 0.25) is 5.02 Å². The normalized spacial score (nSPS) is 14.1. The highest BCUT2D eigenvalue weighted by molar-refractivity contribution is 6.32. The number of hydrogen-bond acceptors (Lipinski definition) is 6. The molecule has 1 unspecified atom stereocenters. The molecule has 214 valence electrons. The second-order valence-electron chi connectivity index (χ2n) is 9.70. The Morgan fingerprint density at radius 2 is 1.93 bits per heavy atom. The molecule has 1 aromatic carbocycles. The maximum atomic E-state index is 14.3. The highest BCUT2D eigenvalue weighted by Gasteiger charge is 2.34. The van der Waals surface area contributed by atoms with Gasteiger partial charge in [-0.15, -0.1) is 5.10 Å². The van der Waals surface area contributed by atoms with Gasteiger partial charge in [0.2, 0.25) is 0 Å². The summed E-state index contributed by atoms with van der Waals surface area (Å²) in [4.78, 5) is 31.6. The monoisotopic (exact) mass is 590 g/mol. The molecule has 0 aliphatic heterocycles. The first-order chi connectivity index (χ1) is 19.4. The summed E-state index contributed by atoms with van der Waals surface area (Å²) in [5.74, 6) is -1.54. The third kappa shape index (κ3) is 6.21. The molecule has 4 aromatic rings. The number of nitrogens with zero attached hydrogens (tertiary/aromatic N) is 6. The summed E-state index contributed by atoms with van der Waals surface area (Å²) < 4.78 is 54.4. The number of alkyl halides is 3. The largest absolute Gasteiger partial charge is 0.436 e. The molecule has 1 saturated carbocycles. The molecule has 3 heterocycles. The summed E-state index contributed by atoms with van der Waals surface area (Å²) in [6, 6.07) is 6.49. The fourth-order valence-electron chi connectivity index (χ4n) is 4.28. The van der Waals surface area contributed by atoms with Gasteiger partial charge >= 0.3 is 6.18 Å². The van der Waals surface area contributed by atoms with Crippen molar-refractivity contribution in [1.29, 1.82) is 0 Å². The molecule has 1 atom stereocenters. The number of anilines is 1. The van der Waals surface area contributed by atoms with Gasteiger partial charge in [0, 0.05) is 12.2 Å². The Morgan fingerprint density at radius 1 is 1.17 bits per heavy atom. The fourth-order valence-corrected chi connectivity index (χ4v) is 4.48. The molecule has 2 amide bonds. The summed E-state index contributed by atoms with van der Waals surface area (Å²) in [6.07, 6.45) is -0.712. The van der Waals surface area contributed by atoms with Crippen LogP contribution in [0.15, 0.2) is 42.7 Å². The maximum absolute atomic E-state index is 14.3. The van der Waals surface area contributed by atoms with Crippen molar-refractivity contribution in [2.24, 2.45) is 5.92 Å². The van der Waals surface area contributed by atoms with Crippen molar-refractivity contribution in [3.05, 3.63) is 81.8 Å². The van der Waals surface area contributed by atoms with E-state index in [9.17, 15) is 27.2 Å². The van der Waals surface area contributed by atoms with Crippen molar-refractivity contribution in [3.63, 3.8) is 0 Å². The smallest absolute Gasteiger partial charge is 0.349 e. The minimum absolute atomic E-state index is 0.0640. The van der Waals surface area contributed by atoms with Gasteiger partial charge in [-0.1, -0.05) is 11.6 Å². The molecular formula is C26H23ClF4N8O2. The van der Waals surface area contributed by atoms with Crippen LogP contribution >= 0.6 is 11.6 Å². The predicted octanol–water partition coefficient (Wildman–Crippen LogP) is 4.81. The lowest BCUT2D eigenvalue weighted by atomic mass is 10.1. The first-order valence-corrected chi connectivity index (χ1v) is 12.9. The van der Waals surface area contributed by atoms with Crippen molar-refractivity contribution in [3.8, 4) is 5.82 Å². The molecule has 1 fully saturated rings. The zero-order valence-corrected chi connectivity index (χ0v) is 22.5. The number of carbonyl (C=O) groups is 2. The fraction of sp³-hybridized carbons (Fsp3) is 0.308. The van der Waals surface area contributed by atoms with Crippen LogP contribution in [0, 0.1) is 18.7 Å². The molecule has 1 aliphatic carbocycles. The van der Waals surface area contributed by atoms with E-state index in [4.69, 9.17) is 11.6 Å². The van der Waals surface area contributed by atoms with Gasteiger partial charge in [0.1, 0.15) is 18.1 Å². The molecular weight excluding hydrogens is 568 g/mol. The topological polar surface area (TPSA) is 120 Å². The Kier molecular flexibility index (Phi) is 7.51. The van der Waals surface area contributed by atoms with E-state index in [0.717, 1.165) is 28.4 Å². The average Bonchev–Trinajstić information content (AvgIpc) is 3.51. The number of amides is 2. The lowest BCUT2D eigenvalue weighted by Gasteiger charge is -2.17. The Bertz CT molecular complexity index is 1630. The molecule has 0 radical (unpaired) electrons. The van der Waals surface area contributed by atoms with Gasteiger partial charge in [-0.25, -0.2) is 14.1 Å². The van der Waals surface area contributed by atoms with E-state index in [0.29, 0.717) is 17.7 Å². The lowest BCUT2D eigenvalue weighted by Crippen LogP contribution is -2.35. The summed E-state index contributed by atoms with van der Waals surface area (Å²) in [5, 5.41) is 17.0. The summed E-state index contributed by atoms with van der Waals surface area (Å²) in [6.45, 7) is 3.10. The Morgan fingerprint density at radius 3 is 2.59 bits per heavy atom. The predicted molar refractivity (Wildman–Crippen MR) is 139 cm³/mol. The molecule has 0 bridgehead atoms. The third-order valence-electron chi connectivity index (χ3n) is 6.53. The number of halogens is 5. The van der Waals surface area contributed by atoms with Gasteiger partial charge in [0.15, 0.2) is 11.5 Å². The second-order valence-corrected chi connectivity index (χ2v) is 10.1. The van der Waals surface area contributed by atoms with Gasteiger partial charge in [-0.2, -0.15) is 28.2 Å². The van der Waals surface area contributed by atoms with E-state index in [1.807, 2.05) is 6.92 Å². The number of benzene rings is 1. The molecule has 1 aliphatic rings. The van der Waals surface area contributed by atoms with E-state index in [-0.39, 0.29) is 46.1 Å². The quantitative estimate of drug-likeness (QED) is 0.284. The molecule has 0 spiro atoms. The first kappa shape index (κ1) is 28.2. The molecule has 0 saturated heterocycles. The highest BCUT2D eigenvalue weighted by Crippen LogP contribution is 2.33. The molecule has 15 heteroatoms. The number of rotatable bonds is 8. The minimum Gasteiger partial charge on any atom is -0.349 e. The summed E-state index contributed by atoms with van der Waals surface area (Å²) in [7, 11) is 0. The number of nitrogens with one attached hydrogen (secondary N) is 2. The zero-order chi connectivity index (χ0) is 29.5. The Balaban J connectivity index is 1.49. The van der Waals surface area contributed by atoms with Gasteiger partial charge in [0.25, 0.3) is 11.8 Å². The molecule has 2 N–H and O–H groups in total. The van der Waals surface area contributed by atoms with Crippen molar-refractivity contribution in [1.82, 2.24) is 35.1 Å². The van der Waals surface area contributed by atoms with E-state index in [1.165, 1.54) is 24.4 Å². The van der Waals surface area contributed by atoms with Crippen LogP contribution in [0.5, 0.6) is 0 Å². The molecule has 41 heavy (non-hydrogen) atoms. The molecule has 10 nitrogen and oxygen atoms in total. The van der Waals surface area contributed by atoms with Crippen LogP contribution in [0.3, 0.4) is 0 Å². The van der Waals surface area contributed by atoms with Gasteiger partial charge in [-0.05, 0) is 68.5 Å². The van der Waals surface area contributed by atoms with Crippen LogP contribution in [0.4, 0.5) is 23.2 Å². The van der Waals surface area contributed by atoms with Crippen molar-refractivity contribution >= 4 is 29.1 Å². The lowest BCUT2D eigenvalue weighted by molar-refractivity contribution is -0.141. The van der Waals surface area contributed by atoms with Gasteiger partial charge < -0.3 is 10.6 Å². The van der Waals surface area contributed by atoms with Crippen LogP contribution < -0.4 is 10.6 Å². The van der Waals surface area contributed by atoms with Crippen molar-refractivity contribution in [2.75, 3.05) is 5.32 Å². The SMILES string of the molecule is Cc1cc(F)cc(C(=O)NC(C)C2CC2)c1NC(=O)c1cc(Cn2ncc(C(F)(F)F)n2)nn1-c1ncccc1Cl. The Hall–Kier alpha value is -4.33. The van der Waals surface area contributed by atoms with E-state index < -0.39 is 29.5 Å². The van der Waals surface area contributed by atoms with Crippen LogP contribution in [-0.2, 0) is 12.7 Å². The van der Waals surface area contributed by atoms with Gasteiger partial charge in [0.05, 0.1) is 28.2 Å². The van der Waals surface area contributed by atoms with Crippen LogP contribution in [0.25, 0.3) is 5.82 Å². The first-order valence-electron chi connectivity index (χ1n) is 12.5. The van der Waals surface area contributed by atoms with Crippen LogP contribution in [-0.4, -0.2) is 47.6 Å². The average molecular weight is 591 g/mol. The van der Waals surface area contributed by atoms with E-state index >= 15 is 0 Å². The zero-order valence-electron chi connectivity index (χ0n) is 21.7. The standard InChI is InChI=1S/C26H23ClF4N8O2/c1-13-8-16(28)9-18(24(40)34-14(2)15-5-6-15)22(13)35-25(41)20-10-17(12-38-33-11-21(37-38)26(29,30)31)36-39(20)23-19(27)4-3-7-32-23/h3-4,7-11,14-15H,5-6,12H2,1-2H3,(H,34,40)(H,35,41). The maximum Gasteiger partial charge on any atom is 0.436 e. The molecule has 3 aromatic heterocycles. The number of aromatic nitrogens is 6. The highest BCUT2D eigenvalue weighted by atomic mass is 35.5.